The summed E-state index contributed by atoms with van der Waals surface area (Å²) in [5.74, 6) is -0.798. The van der Waals surface area contributed by atoms with Gasteiger partial charge in [0.05, 0.1) is 18.8 Å². The number of aliphatic carboxylic acids is 1. The van der Waals surface area contributed by atoms with Crippen molar-refractivity contribution >= 4 is 17.6 Å². The number of carboxylic acid groups (broad SMARTS) is 1. The first-order chi connectivity index (χ1) is 14.9. The maximum Gasteiger partial charge on any atom is 0.303 e. The van der Waals surface area contributed by atoms with Gasteiger partial charge in [-0.05, 0) is 49.7 Å². The van der Waals surface area contributed by atoms with E-state index in [4.69, 9.17) is 21.4 Å². The quantitative estimate of drug-likeness (QED) is 0.234. The molecule has 0 bridgehead atoms. The number of benzene rings is 1. The molecule has 3 N–H and O–H groups in total. The standard InChI is InChI=1S/C25H35ClO5/c1-2-31-17-19-9-7-8-18(14-19)15-20(27)12-13-22-21(23(26)16-24(22)28)10-5-3-4-6-11-25(29)30/h3,5,7-9,12-14,20-24,27-28H,2,4,6,10-11,15-17H2,1H3,(H,29,30)/b5-3-,13-12+/t20-,21-,22-,23-,24-/m1/s1. The minimum Gasteiger partial charge on any atom is -0.481 e. The predicted molar refractivity (Wildman–Crippen MR) is 123 cm³/mol. The lowest BCUT2D eigenvalue weighted by Gasteiger charge is -2.19. The molecule has 1 saturated carbocycles. The zero-order valence-corrected chi connectivity index (χ0v) is 19.0. The Labute approximate surface area is 190 Å². The van der Waals surface area contributed by atoms with Crippen LogP contribution < -0.4 is 0 Å². The minimum absolute atomic E-state index is 0.0883. The minimum atomic E-state index is -0.780. The molecule has 0 unspecified atom stereocenters. The summed E-state index contributed by atoms with van der Waals surface area (Å²) in [4.78, 5) is 10.6. The Bertz CT molecular complexity index is 732. The Morgan fingerprint density at radius 3 is 2.84 bits per heavy atom. The third kappa shape index (κ3) is 9.16. The average Bonchev–Trinajstić information content (AvgIpc) is 2.99. The van der Waals surface area contributed by atoms with Gasteiger partial charge in [-0.1, -0.05) is 48.6 Å². The predicted octanol–water partition coefficient (Wildman–Crippen LogP) is 4.49. The maximum absolute atomic E-state index is 10.6. The zero-order chi connectivity index (χ0) is 22.6. The molecule has 5 atom stereocenters. The van der Waals surface area contributed by atoms with Crippen molar-refractivity contribution in [1.29, 1.82) is 0 Å². The molecule has 172 valence electrons. The van der Waals surface area contributed by atoms with Crippen LogP contribution in [0.25, 0.3) is 0 Å². The highest BCUT2D eigenvalue weighted by atomic mass is 35.5. The van der Waals surface area contributed by atoms with Gasteiger partial charge in [0.2, 0.25) is 0 Å². The summed E-state index contributed by atoms with van der Waals surface area (Å²) in [6, 6.07) is 8.02. The van der Waals surface area contributed by atoms with Gasteiger partial charge >= 0.3 is 5.97 Å². The van der Waals surface area contributed by atoms with Crippen LogP contribution in [0.15, 0.2) is 48.6 Å². The highest BCUT2D eigenvalue weighted by Gasteiger charge is 2.39. The van der Waals surface area contributed by atoms with E-state index in [9.17, 15) is 15.0 Å². The lowest BCUT2D eigenvalue weighted by atomic mass is 9.90. The number of carboxylic acids is 1. The second-order valence-corrected chi connectivity index (χ2v) is 8.73. The molecule has 0 spiro atoms. The van der Waals surface area contributed by atoms with E-state index in [0.29, 0.717) is 32.5 Å². The fourth-order valence-corrected chi connectivity index (χ4v) is 4.49. The van der Waals surface area contributed by atoms with E-state index < -0.39 is 18.2 Å². The summed E-state index contributed by atoms with van der Waals surface area (Å²) in [5, 5.41) is 29.5. The molecule has 1 fully saturated rings. The molecule has 31 heavy (non-hydrogen) atoms. The molecule has 0 radical (unpaired) electrons. The largest absolute Gasteiger partial charge is 0.481 e. The van der Waals surface area contributed by atoms with Gasteiger partial charge in [-0.15, -0.1) is 11.6 Å². The van der Waals surface area contributed by atoms with Crippen LogP contribution in [-0.4, -0.2) is 45.5 Å². The molecular weight excluding hydrogens is 416 g/mol. The fraction of sp³-hybridized carbons (Fsp3) is 0.560. The van der Waals surface area contributed by atoms with Crippen molar-refractivity contribution in [1.82, 2.24) is 0 Å². The van der Waals surface area contributed by atoms with Gasteiger partial charge in [0.15, 0.2) is 0 Å². The molecular formula is C25H35ClO5. The highest BCUT2D eigenvalue weighted by molar-refractivity contribution is 6.21. The van der Waals surface area contributed by atoms with Crippen molar-refractivity contribution in [2.45, 2.75) is 69.6 Å². The number of hydrogen-bond acceptors (Lipinski definition) is 4. The molecule has 1 aliphatic carbocycles. The van der Waals surface area contributed by atoms with E-state index in [-0.39, 0.29) is 23.6 Å². The molecule has 0 amide bonds. The number of hydrogen-bond donors (Lipinski definition) is 3. The normalized spacial score (nSPS) is 24.9. The number of unbranched alkanes of at least 4 members (excludes halogenated alkanes) is 1. The lowest BCUT2D eigenvalue weighted by Crippen LogP contribution is -2.19. The zero-order valence-electron chi connectivity index (χ0n) is 18.2. The summed E-state index contributed by atoms with van der Waals surface area (Å²) in [6.45, 7) is 3.19. The summed E-state index contributed by atoms with van der Waals surface area (Å²) in [7, 11) is 0. The van der Waals surface area contributed by atoms with E-state index in [2.05, 4.69) is 0 Å². The van der Waals surface area contributed by atoms with Crippen LogP contribution in [0.4, 0.5) is 0 Å². The van der Waals surface area contributed by atoms with E-state index in [0.717, 1.165) is 24.0 Å². The Morgan fingerprint density at radius 1 is 1.32 bits per heavy atom. The van der Waals surface area contributed by atoms with Crippen molar-refractivity contribution < 1.29 is 24.9 Å². The summed E-state index contributed by atoms with van der Waals surface area (Å²) >= 11 is 6.47. The molecule has 1 aliphatic rings. The number of rotatable bonds is 13. The monoisotopic (exact) mass is 450 g/mol. The van der Waals surface area contributed by atoms with Gasteiger partial charge in [0, 0.05) is 30.7 Å². The van der Waals surface area contributed by atoms with Gasteiger partial charge in [0.25, 0.3) is 0 Å². The maximum atomic E-state index is 10.6. The van der Waals surface area contributed by atoms with E-state index in [1.54, 1.807) is 6.08 Å². The SMILES string of the molecule is CCOCc1cccc(C[C@H](O)/C=C/[C@@H]2[C@@H](C/C=C\CCCC(=O)O)[C@H](Cl)C[C@H]2O)c1. The fourth-order valence-electron chi connectivity index (χ4n) is 4.04. The molecule has 0 aromatic heterocycles. The van der Waals surface area contributed by atoms with Crippen LogP contribution >= 0.6 is 11.6 Å². The van der Waals surface area contributed by atoms with Crippen LogP contribution in [0.1, 0.15) is 50.2 Å². The summed E-state index contributed by atoms with van der Waals surface area (Å²) < 4.78 is 5.44. The first kappa shape index (κ1) is 25.6. The van der Waals surface area contributed by atoms with E-state index >= 15 is 0 Å². The van der Waals surface area contributed by atoms with Crippen LogP contribution in [0.3, 0.4) is 0 Å². The van der Waals surface area contributed by atoms with Crippen molar-refractivity contribution in [2.75, 3.05) is 6.61 Å². The van der Waals surface area contributed by atoms with Crippen molar-refractivity contribution in [3.8, 4) is 0 Å². The Morgan fingerprint density at radius 2 is 2.10 bits per heavy atom. The number of allylic oxidation sites excluding steroid dienone is 2. The number of alkyl halides is 1. The van der Waals surface area contributed by atoms with Crippen LogP contribution in [0.5, 0.6) is 0 Å². The Hall–Kier alpha value is -1.66. The second-order valence-electron chi connectivity index (χ2n) is 8.17. The molecule has 0 aliphatic heterocycles. The average molecular weight is 451 g/mol. The first-order valence-electron chi connectivity index (χ1n) is 11.1. The number of ether oxygens (including phenoxy) is 1. The van der Waals surface area contributed by atoms with Gasteiger partial charge < -0.3 is 20.1 Å². The Kier molecular flexibility index (Phi) is 11.3. The third-order valence-corrected chi connectivity index (χ3v) is 6.17. The van der Waals surface area contributed by atoms with Crippen LogP contribution in [-0.2, 0) is 22.6 Å². The molecule has 0 heterocycles. The number of aliphatic hydroxyl groups excluding tert-OH is 2. The van der Waals surface area contributed by atoms with Gasteiger partial charge in [-0.2, -0.15) is 0 Å². The summed E-state index contributed by atoms with van der Waals surface area (Å²) in [6.07, 6.45) is 9.78. The van der Waals surface area contributed by atoms with Gasteiger partial charge in [-0.3, -0.25) is 4.79 Å². The van der Waals surface area contributed by atoms with Crippen molar-refractivity contribution in [2.24, 2.45) is 11.8 Å². The smallest absolute Gasteiger partial charge is 0.303 e. The van der Waals surface area contributed by atoms with Crippen LogP contribution in [0.2, 0.25) is 0 Å². The van der Waals surface area contributed by atoms with Gasteiger partial charge in [-0.25, -0.2) is 0 Å². The summed E-state index contributed by atoms with van der Waals surface area (Å²) in [5.41, 5.74) is 2.12. The van der Waals surface area contributed by atoms with Crippen molar-refractivity contribution in [3.63, 3.8) is 0 Å². The van der Waals surface area contributed by atoms with E-state index in [1.165, 1.54) is 0 Å². The molecule has 6 heteroatoms. The second kappa shape index (κ2) is 13.7. The lowest BCUT2D eigenvalue weighted by molar-refractivity contribution is -0.137. The number of aliphatic hydroxyl groups is 2. The van der Waals surface area contributed by atoms with Crippen LogP contribution in [0, 0.1) is 11.8 Å². The van der Waals surface area contributed by atoms with Gasteiger partial charge in [0.1, 0.15) is 0 Å². The van der Waals surface area contributed by atoms with E-state index in [1.807, 2.05) is 49.4 Å². The number of halogens is 1. The topological polar surface area (TPSA) is 87.0 Å². The molecule has 2 rings (SSSR count). The first-order valence-corrected chi connectivity index (χ1v) is 11.5. The molecule has 1 aromatic rings. The molecule has 0 saturated heterocycles. The molecule has 5 nitrogen and oxygen atoms in total. The highest BCUT2D eigenvalue weighted by Crippen LogP contribution is 2.39. The number of carbonyl (C=O) groups is 1. The Balaban J connectivity index is 1.89. The van der Waals surface area contributed by atoms with Crippen molar-refractivity contribution in [3.05, 3.63) is 59.7 Å². The molecule has 1 aromatic carbocycles. The third-order valence-electron chi connectivity index (χ3n) is 5.67.